The summed E-state index contributed by atoms with van der Waals surface area (Å²) in [6, 6.07) is 5.77. The molecule has 1 atom stereocenters. The largest absolute Gasteiger partial charge is 0.338 e. The first-order valence-electron chi connectivity index (χ1n) is 5.33. The van der Waals surface area contributed by atoms with Crippen molar-refractivity contribution in [2.45, 2.75) is 18.7 Å². The van der Waals surface area contributed by atoms with E-state index in [4.69, 9.17) is 10.3 Å². The van der Waals surface area contributed by atoms with Gasteiger partial charge < -0.3 is 10.3 Å². The van der Waals surface area contributed by atoms with Crippen molar-refractivity contribution in [2.75, 3.05) is 5.75 Å². The predicted octanol–water partition coefficient (Wildman–Crippen LogP) is 1.71. The molecule has 0 fully saturated rings. The molecule has 1 unspecified atom stereocenters. The van der Waals surface area contributed by atoms with E-state index < -0.39 is 0 Å². The molecule has 6 heteroatoms. The molecule has 2 aromatic rings. The Labute approximate surface area is 104 Å². The van der Waals surface area contributed by atoms with Crippen LogP contribution in [0.2, 0.25) is 0 Å². The molecule has 2 rings (SSSR count). The molecule has 0 saturated heterocycles. The minimum Gasteiger partial charge on any atom is -0.338 e. The fourth-order valence-corrected chi connectivity index (χ4v) is 2.03. The number of hydrogen-bond acceptors (Lipinski definition) is 6. The highest BCUT2D eigenvalue weighted by Crippen LogP contribution is 2.15. The van der Waals surface area contributed by atoms with Gasteiger partial charge in [0.2, 0.25) is 11.7 Å². The molecule has 2 N–H and O–H groups in total. The normalized spacial score (nSPS) is 12.6. The first-order valence-corrected chi connectivity index (χ1v) is 6.48. The lowest BCUT2D eigenvalue weighted by Gasteiger charge is -2.00. The Morgan fingerprint density at radius 1 is 1.47 bits per heavy atom. The molecular formula is C11H14N4OS. The lowest BCUT2D eigenvalue weighted by molar-refractivity contribution is 0.391. The van der Waals surface area contributed by atoms with Gasteiger partial charge in [-0.2, -0.15) is 16.7 Å². The highest BCUT2D eigenvalue weighted by molar-refractivity contribution is 7.98. The van der Waals surface area contributed by atoms with Crippen molar-refractivity contribution in [1.29, 1.82) is 0 Å². The van der Waals surface area contributed by atoms with Crippen LogP contribution in [0.1, 0.15) is 12.8 Å². The highest BCUT2D eigenvalue weighted by atomic mass is 32.2. The Morgan fingerprint density at radius 2 is 2.35 bits per heavy atom. The molecule has 2 heterocycles. The number of aromatic nitrogens is 3. The van der Waals surface area contributed by atoms with Gasteiger partial charge in [-0.1, -0.05) is 11.2 Å². The van der Waals surface area contributed by atoms with Crippen LogP contribution in [0.25, 0.3) is 11.5 Å². The second-order valence-electron chi connectivity index (χ2n) is 3.72. The van der Waals surface area contributed by atoms with Crippen molar-refractivity contribution in [3.63, 3.8) is 0 Å². The summed E-state index contributed by atoms with van der Waals surface area (Å²) in [5.41, 5.74) is 6.38. The molecule has 0 bridgehead atoms. The molecule has 0 radical (unpaired) electrons. The van der Waals surface area contributed by atoms with Crippen LogP contribution in [0.15, 0.2) is 28.9 Å². The van der Waals surface area contributed by atoms with Gasteiger partial charge in [-0.25, -0.2) is 0 Å². The molecule has 5 nitrogen and oxygen atoms in total. The maximum Gasteiger partial charge on any atom is 0.237 e. The summed E-state index contributed by atoms with van der Waals surface area (Å²) in [5.74, 6) is 2.70. The summed E-state index contributed by atoms with van der Waals surface area (Å²) in [7, 11) is 0. The smallest absolute Gasteiger partial charge is 0.237 e. The number of rotatable bonds is 5. The summed E-state index contributed by atoms with van der Waals surface area (Å²) < 4.78 is 5.14. The number of nitrogens with two attached hydrogens (primary N) is 1. The Kier molecular flexibility index (Phi) is 4.11. The first-order chi connectivity index (χ1) is 8.25. The van der Waals surface area contributed by atoms with Crippen LogP contribution in [0, 0.1) is 0 Å². The van der Waals surface area contributed by atoms with Crippen LogP contribution >= 0.6 is 11.8 Å². The number of thioether (sulfide) groups is 1. The van der Waals surface area contributed by atoms with Gasteiger partial charge in [0, 0.05) is 18.0 Å². The zero-order chi connectivity index (χ0) is 12.1. The van der Waals surface area contributed by atoms with E-state index in [0.29, 0.717) is 17.5 Å². The molecule has 0 aromatic carbocycles. The Balaban J connectivity index is 1.97. The van der Waals surface area contributed by atoms with Crippen LogP contribution < -0.4 is 5.73 Å². The van der Waals surface area contributed by atoms with Crippen molar-refractivity contribution in [2.24, 2.45) is 5.73 Å². The van der Waals surface area contributed by atoms with Crippen LogP contribution in [-0.4, -0.2) is 26.9 Å². The summed E-state index contributed by atoms with van der Waals surface area (Å²) >= 11 is 1.68. The fourth-order valence-electron chi connectivity index (χ4n) is 1.24. The predicted molar refractivity (Wildman–Crippen MR) is 67.3 cm³/mol. The summed E-state index contributed by atoms with van der Waals surface area (Å²) in [6.07, 6.45) is 1.70. The average Bonchev–Trinajstić information content (AvgIpc) is 2.78. The third kappa shape index (κ3) is 3.54. The third-order valence-corrected chi connectivity index (χ3v) is 3.18. The lowest BCUT2D eigenvalue weighted by Crippen LogP contribution is -2.17. The van der Waals surface area contributed by atoms with E-state index in [1.54, 1.807) is 18.0 Å². The van der Waals surface area contributed by atoms with E-state index >= 15 is 0 Å². The molecule has 0 aliphatic carbocycles. The zero-order valence-corrected chi connectivity index (χ0v) is 10.4. The van der Waals surface area contributed by atoms with Gasteiger partial charge in [0.1, 0.15) is 5.69 Å². The second kappa shape index (κ2) is 5.79. The summed E-state index contributed by atoms with van der Waals surface area (Å²) in [5, 5.41) is 3.89. The van der Waals surface area contributed by atoms with Gasteiger partial charge in [0.05, 0.1) is 5.75 Å². The SMILES string of the molecule is CC(N)CSCc1nc(-c2ccccn2)no1. The van der Waals surface area contributed by atoms with Crippen molar-refractivity contribution < 1.29 is 4.52 Å². The quantitative estimate of drug-likeness (QED) is 0.870. The van der Waals surface area contributed by atoms with Crippen molar-refractivity contribution in [3.8, 4) is 11.5 Å². The highest BCUT2D eigenvalue weighted by Gasteiger charge is 2.09. The topological polar surface area (TPSA) is 77.8 Å². The van der Waals surface area contributed by atoms with Gasteiger partial charge in [0.25, 0.3) is 0 Å². The maximum absolute atomic E-state index is 5.66. The molecule has 17 heavy (non-hydrogen) atoms. The van der Waals surface area contributed by atoms with E-state index in [-0.39, 0.29) is 6.04 Å². The van der Waals surface area contributed by atoms with Crippen LogP contribution in [0.5, 0.6) is 0 Å². The van der Waals surface area contributed by atoms with Crippen molar-refractivity contribution in [1.82, 2.24) is 15.1 Å². The third-order valence-electron chi connectivity index (χ3n) is 1.97. The molecule has 0 aliphatic rings. The summed E-state index contributed by atoms with van der Waals surface area (Å²) in [6.45, 7) is 1.97. The monoisotopic (exact) mass is 250 g/mol. The van der Waals surface area contributed by atoms with Crippen molar-refractivity contribution in [3.05, 3.63) is 30.3 Å². The molecule has 0 spiro atoms. The van der Waals surface area contributed by atoms with E-state index in [9.17, 15) is 0 Å². The first kappa shape index (κ1) is 12.1. The van der Waals surface area contributed by atoms with Crippen molar-refractivity contribution >= 4 is 11.8 Å². The average molecular weight is 250 g/mol. The van der Waals surface area contributed by atoms with Crippen LogP contribution in [-0.2, 0) is 5.75 Å². The number of pyridine rings is 1. The van der Waals surface area contributed by atoms with Gasteiger partial charge in [-0.15, -0.1) is 0 Å². The van der Waals surface area contributed by atoms with E-state index in [0.717, 1.165) is 11.4 Å². The molecule has 0 saturated carbocycles. The number of nitrogens with zero attached hydrogens (tertiary/aromatic N) is 3. The van der Waals surface area contributed by atoms with Crippen LogP contribution in [0.3, 0.4) is 0 Å². The fraction of sp³-hybridized carbons (Fsp3) is 0.364. The van der Waals surface area contributed by atoms with Crippen LogP contribution in [0.4, 0.5) is 0 Å². The van der Waals surface area contributed by atoms with E-state index in [1.165, 1.54) is 0 Å². The molecule has 0 amide bonds. The molecule has 90 valence electrons. The Bertz CT molecular complexity index is 458. The van der Waals surface area contributed by atoms with Gasteiger partial charge in [-0.3, -0.25) is 4.98 Å². The standard InChI is InChI=1S/C11H14N4OS/c1-8(12)6-17-7-10-14-11(15-16-10)9-4-2-3-5-13-9/h2-5,8H,6-7,12H2,1H3. The lowest BCUT2D eigenvalue weighted by atomic mass is 10.3. The minimum atomic E-state index is 0.179. The minimum absolute atomic E-state index is 0.179. The zero-order valence-electron chi connectivity index (χ0n) is 9.54. The van der Waals surface area contributed by atoms with E-state index in [2.05, 4.69) is 15.1 Å². The molecular weight excluding hydrogens is 236 g/mol. The van der Waals surface area contributed by atoms with Gasteiger partial charge in [0.15, 0.2) is 0 Å². The number of hydrogen-bond donors (Lipinski definition) is 1. The van der Waals surface area contributed by atoms with Gasteiger partial charge >= 0.3 is 0 Å². The Hall–Kier alpha value is -1.40. The van der Waals surface area contributed by atoms with E-state index in [1.807, 2.05) is 25.1 Å². The molecule has 2 aromatic heterocycles. The Morgan fingerprint density at radius 3 is 3.06 bits per heavy atom. The molecule has 0 aliphatic heterocycles. The van der Waals surface area contributed by atoms with Gasteiger partial charge in [-0.05, 0) is 19.1 Å². The second-order valence-corrected chi connectivity index (χ2v) is 4.75. The maximum atomic E-state index is 5.66. The summed E-state index contributed by atoms with van der Waals surface area (Å²) in [4.78, 5) is 8.43.